The van der Waals surface area contributed by atoms with Gasteiger partial charge < -0.3 is 0 Å². The lowest BCUT2D eigenvalue weighted by Crippen LogP contribution is -2.18. The van der Waals surface area contributed by atoms with Crippen molar-refractivity contribution in [1.82, 2.24) is 4.98 Å². The Balaban J connectivity index is 2.02. The fourth-order valence-corrected chi connectivity index (χ4v) is 3.43. The van der Waals surface area contributed by atoms with E-state index in [1.165, 1.54) is 6.07 Å². The quantitative estimate of drug-likeness (QED) is 0.471. The number of Topliss-reactive ketones (excluding diaryl/α,β-unsaturated/α-hetero) is 1. The van der Waals surface area contributed by atoms with Gasteiger partial charge in [-0.1, -0.05) is 63.9 Å². The van der Waals surface area contributed by atoms with E-state index in [-0.39, 0.29) is 22.9 Å². The fourth-order valence-electron chi connectivity index (χ4n) is 2.98. The summed E-state index contributed by atoms with van der Waals surface area (Å²) in [5.41, 5.74) is 3.06. The zero-order chi connectivity index (χ0) is 18.7. The van der Waals surface area contributed by atoms with Crippen LogP contribution in [-0.2, 0) is 11.2 Å². The van der Waals surface area contributed by atoms with Gasteiger partial charge in [0.25, 0.3) is 0 Å². The van der Waals surface area contributed by atoms with Crippen molar-refractivity contribution in [3.05, 3.63) is 98.5 Å². The Bertz CT molecular complexity index is 943. The topological polar surface area (TPSA) is 30.0 Å². The van der Waals surface area contributed by atoms with Gasteiger partial charge in [0, 0.05) is 10.9 Å². The van der Waals surface area contributed by atoms with E-state index in [2.05, 4.69) is 20.9 Å². The summed E-state index contributed by atoms with van der Waals surface area (Å²) in [6, 6.07) is 16.8. The third-order valence-corrected chi connectivity index (χ3v) is 5.03. The zero-order valence-corrected chi connectivity index (χ0v) is 16.4. The number of carbonyl (C=O) groups is 1. The average Bonchev–Trinajstić information content (AvgIpc) is 2.62. The molecule has 0 aliphatic rings. The van der Waals surface area contributed by atoms with E-state index < -0.39 is 11.7 Å². The predicted molar refractivity (Wildman–Crippen MR) is 105 cm³/mol. The van der Waals surface area contributed by atoms with Crippen LogP contribution in [0, 0.1) is 12.7 Å². The molecule has 0 N–H and O–H groups in total. The number of aromatic nitrogens is 1. The average molecular weight is 433 g/mol. The number of rotatable bonds is 5. The normalized spacial score (nSPS) is 12.0. The van der Waals surface area contributed by atoms with Gasteiger partial charge in [-0.15, -0.1) is 0 Å². The Morgan fingerprint density at radius 2 is 1.88 bits per heavy atom. The second-order valence-corrected chi connectivity index (χ2v) is 7.39. The van der Waals surface area contributed by atoms with Crippen LogP contribution in [0.3, 0.4) is 0 Å². The summed E-state index contributed by atoms with van der Waals surface area (Å²) in [4.78, 5) is 16.9. The SMILES string of the molecule is Cc1ccccc1C(C(=O)Cc1cc(Cl)ncc1F)c1ccc(Br)cc1. The standard InChI is InChI=1S/C21H16BrClFNO/c1-13-4-2-3-5-17(13)21(14-6-8-16(22)9-7-14)19(26)10-15-11-20(23)25-12-18(15)24/h2-9,11-12,21H,10H2,1H3. The molecule has 1 heterocycles. The lowest BCUT2D eigenvalue weighted by Gasteiger charge is -2.19. The number of aryl methyl sites for hydroxylation is 1. The van der Waals surface area contributed by atoms with Crippen LogP contribution in [-0.4, -0.2) is 10.8 Å². The first-order valence-electron chi connectivity index (χ1n) is 8.09. The molecule has 0 aliphatic heterocycles. The third-order valence-electron chi connectivity index (χ3n) is 4.29. The number of ketones is 1. The van der Waals surface area contributed by atoms with E-state index in [1.807, 2.05) is 55.5 Å². The van der Waals surface area contributed by atoms with Crippen LogP contribution >= 0.6 is 27.5 Å². The Morgan fingerprint density at radius 3 is 2.58 bits per heavy atom. The van der Waals surface area contributed by atoms with Crippen molar-refractivity contribution < 1.29 is 9.18 Å². The summed E-state index contributed by atoms with van der Waals surface area (Å²) in [7, 11) is 0. The molecule has 0 fully saturated rings. The van der Waals surface area contributed by atoms with Gasteiger partial charge in [0.2, 0.25) is 0 Å². The van der Waals surface area contributed by atoms with Crippen LogP contribution in [0.1, 0.15) is 28.2 Å². The summed E-state index contributed by atoms with van der Waals surface area (Å²) < 4.78 is 15.0. The van der Waals surface area contributed by atoms with Crippen molar-refractivity contribution >= 4 is 33.3 Å². The largest absolute Gasteiger partial charge is 0.298 e. The molecule has 132 valence electrons. The van der Waals surface area contributed by atoms with E-state index in [0.29, 0.717) is 0 Å². The Kier molecular flexibility index (Phi) is 5.84. The molecule has 3 aromatic rings. The smallest absolute Gasteiger partial charge is 0.149 e. The molecule has 1 aromatic heterocycles. The molecule has 26 heavy (non-hydrogen) atoms. The van der Waals surface area contributed by atoms with Crippen molar-refractivity contribution in [2.24, 2.45) is 0 Å². The van der Waals surface area contributed by atoms with Gasteiger partial charge in [-0.25, -0.2) is 9.37 Å². The highest BCUT2D eigenvalue weighted by Gasteiger charge is 2.25. The molecule has 2 aromatic carbocycles. The minimum atomic E-state index is -0.526. The summed E-state index contributed by atoms with van der Waals surface area (Å²) >= 11 is 9.28. The Morgan fingerprint density at radius 1 is 1.19 bits per heavy atom. The van der Waals surface area contributed by atoms with Crippen LogP contribution in [0.2, 0.25) is 5.15 Å². The number of nitrogens with zero attached hydrogens (tertiary/aromatic N) is 1. The maximum Gasteiger partial charge on any atom is 0.149 e. The van der Waals surface area contributed by atoms with Crippen LogP contribution < -0.4 is 0 Å². The number of hydrogen-bond donors (Lipinski definition) is 0. The van der Waals surface area contributed by atoms with Gasteiger partial charge in [0.05, 0.1) is 12.1 Å². The van der Waals surface area contributed by atoms with Gasteiger partial charge in [-0.05, 0) is 47.4 Å². The van der Waals surface area contributed by atoms with Gasteiger partial charge >= 0.3 is 0 Å². The first-order valence-corrected chi connectivity index (χ1v) is 9.26. The highest BCUT2D eigenvalue weighted by atomic mass is 79.9. The van der Waals surface area contributed by atoms with Crippen molar-refractivity contribution in [1.29, 1.82) is 0 Å². The monoisotopic (exact) mass is 431 g/mol. The van der Waals surface area contributed by atoms with Gasteiger partial charge in [-0.3, -0.25) is 4.79 Å². The summed E-state index contributed by atoms with van der Waals surface area (Å²) in [6.45, 7) is 1.97. The maximum atomic E-state index is 14.1. The summed E-state index contributed by atoms with van der Waals surface area (Å²) in [5.74, 6) is -1.10. The van der Waals surface area contributed by atoms with Crippen LogP contribution in [0.5, 0.6) is 0 Å². The second-order valence-electron chi connectivity index (χ2n) is 6.08. The van der Waals surface area contributed by atoms with Crippen LogP contribution in [0.4, 0.5) is 4.39 Å². The molecule has 0 saturated carbocycles. The number of halogens is 3. The minimum absolute atomic E-state index is 0.0524. The molecule has 1 unspecified atom stereocenters. The number of benzene rings is 2. The van der Waals surface area contributed by atoms with E-state index in [1.54, 1.807) is 0 Å². The van der Waals surface area contributed by atoms with Crippen molar-refractivity contribution in [2.75, 3.05) is 0 Å². The molecule has 0 amide bonds. The Hall–Kier alpha value is -2.04. The maximum absolute atomic E-state index is 14.1. The summed E-state index contributed by atoms with van der Waals surface area (Å²) in [5, 5.41) is 0.172. The number of hydrogen-bond acceptors (Lipinski definition) is 2. The van der Waals surface area contributed by atoms with Crippen LogP contribution in [0.15, 0.2) is 65.3 Å². The Labute approximate surface area is 165 Å². The van der Waals surface area contributed by atoms with Gasteiger partial charge in [0.1, 0.15) is 16.8 Å². The molecular formula is C21H16BrClFNO. The predicted octanol–water partition coefficient (Wildman–Crippen LogP) is 5.89. The van der Waals surface area contributed by atoms with Crippen molar-refractivity contribution in [3.63, 3.8) is 0 Å². The van der Waals surface area contributed by atoms with E-state index in [9.17, 15) is 9.18 Å². The van der Waals surface area contributed by atoms with E-state index >= 15 is 0 Å². The summed E-state index contributed by atoms with van der Waals surface area (Å²) in [6.07, 6.45) is 0.997. The lowest BCUT2D eigenvalue weighted by atomic mass is 9.83. The van der Waals surface area contributed by atoms with Gasteiger partial charge in [0.15, 0.2) is 0 Å². The van der Waals surface area contributed by atoms with E-state index in [0.717, 1.165) is 27.4 Å². The van der Waals surface area contributed by atoms with E-state index in [4.69, 9.17) is 11.6 Å². The van der Waals surface area contributed by atoms with Crippen molar-refractivity contribution in [3.8, 4) is 0 Å². The highest BCUT2D eigenvalue weighted by molar-refractivity contribution is 9.10. The van der Waals surface area contributed by atoms with Gasteiger partial charge in [-0.2, -0.15) is 0 Å². The molecule has 2 nitrogen and oxygen atoms in total. The molecule has 5 heteroatoms. The first-order chi connectivity index (χ1) is 12.5. The molecular weight excluding hydrogens is 417 g/mol. The molecule has 1 atom stereocenters. The number of carbonyl (C=O) groups excluding carboxylic acids is 1. The molecule has 0 bridgehead atoms. The molecule has 3 rings (SSSR count). The fraction of sp³-hybridized carbons (Fsp3) is 0.143. The highest BCUT2D eigenvalue weighted by Crippen LogP contribution is 2.30. The lowest BCUT2D eigenvalue weighted by molar-refractivity contribution is -0.119. The third kappa shape index (κ3) is 4.19. The second kappa shape index (κ2) is 8.11. The number of pyridine rings is 1. The first kappa shape index (κ1) is 18.7. The molecule has 0 spiro atoms. The van der Waals surface area contributed by atoms with Crippen molar-refractivity contribution in [2.45, 2.75) is 19.3 Å². The molecule has 0 saturated heterocycles. The molecule has 0 radical (unpaired) electrons. The molecule has 0 aliphatic carbocycles. The zero-order valence-electron chi connectivity index (χ0n) is 14.0. The minimum Gasteiger partial charge on any atom is -0.298 e. The van der Waals surface area contributed by atoms with Crippen LogP contribution in [0.25, 0.3) is 0 Å².